The van der Waals surface area contributed by atoms with Crippen LogP contribution < -0.4 is 15.2 Å². The van der Waals surface area contributed by atoms with Crippen molar-refractivity contribution in [2.45, 2.75) is 33.1 Å². The van der Waals surface area contributed by atoms with Crippen molar-refractivity contribution in [3.05, 3.63) is 45.6 Å². The van der Waals surface area contributed by atoms with Crippen molar-refractivity contribution in [1.82, 2.24) is 0 Å². The van der Waals surface area contributed by atoms with E-state index in [4.69, 9.17) is 15.2 Å². The van der Waals surface area contributed by atoms with E-state index in [1.54, 1.807) is 11.3 Å². The topological polar surface area (TPSA) is 44.5 Å². The Bertz CT molecular complexity index is 595. The van der Waals surface area contributed by atoms with Crippen molar-refractivity contribution in [3.63, 3.8) is 0 Å². The van der Waals surface area contributed by atoms with Crippen molar-refractivity contribution < 1.29 is 9.47 Å². The second kappa shape index (κ2) is 8.20. The minimum absolute atomic E-state index is 0.298. The van der Waals surface area contributed by atoms with Crippen LogP contribution in [0.15, 0.2) is 29.6 Å². The maximum absolute atomic E-state index is 6.02. The zero-order chi connectivity index (χ0) is 15.9. The van der Waals surface area contributed by atoms with Crippen LogP contribution in [0.3, 0.4) is 0 Å². The molecule has 0 spiro atoms. The van der Waals surface area contributed by atoms with Crippen LogP contribution in [-0.2, 0) is 6.42 Å². The lowest BCUT2D eigenvalue weighted by Gasteiger charge is -2.18. The summed E-state index contributed by atoms with van der Waals surface area (Å²) in [6.07, 6.45) is 0.972. The summed E-state index contributed by atoms with van der Waals surface area (Å²) in [6, 6.07) is 8.34. The highest BCUT2D eigenvalue weighted by atomic mass is 32.1. The van der Waals surface area contributed by atoms with Crippen LogP contribution in [0, 0.1) is 6.92 Å². The molecule has 120 valence electrons. The molecule has 0 aliphatic rings. The lowest BCUT2D eigenvalue weighted by atomic mass is 9.94. The fourth-order valence-corrected chi connectivity index (χ4v) is 3.48. The molecule has 1 aromatic heterocycles. The van der Waals surface area contributed by atoms with E-state index in [2.05, 4.69) is 30.5 Å². The van der Waals surface area contributed by atoms with Crippen molar-refractivity contribution in [2.75, 3.05) is 19.8 Å². The quantitative estimate of drug-likeness (QED) is 0.795. The molecule has 1 unspecified atom stereocenters. The molecule has 1 heterocycles. The van der Waals surface area contributed by atoms with Crippen LogP contribution in [-0.4, -0.2) is 19.8 Å². The fourth-order valence-electron chi connectivity index (χ4n) is 2.50. The van der Waals surface area contributed by atoms with E-state index < -0.39 is 0 Å². The Morgan fingerprint density at radius 3 is 2.41 bits per heavy atom. The van der Waals surface area contributed by atoms with E-state index in [0.29, 0.717) is 25.7 Å². The first-order valence-corrected chi connectivity index (χ1v) is 8.70. The standard InChI is InChI=1S/C18H25NO2S/c1-4-20-16-7-6-14(10-17(16)21-5-2)15(12-19)11-18-13(3)8-9-22-18/h6-10,15H,4-5,11-12,19H2,1-3H3. The van der Waals surface area contributed by atoms with Gasteiger partial charge in [-0.1, -0.05) is 6.07 Å². The van der Waals surface area contributed by atoms with Crippen molar-refractivity contribution in [3.8, 4) is 11.5 Å². The number of ether oxygens (including phenoxy) is 2. The maximum Gasteiger partial charge on any atom is 0.161 e. The first kappa shape index (κ1) is 16.8. The van der Waals surface area contributed by atoms with Gasteiger partial charge in [0.1, 0.15) is 0 Å². The van der Waals surface area contributed by atoms with Crippen LogP contribution in [0.25, 0.3) is 0 Å². The SMILES string of the molecule is CCOc1ccc(C(CN)Cc2sccc2C)cc1OCC. The summed E-state index contributed by atoms with van der Waals surface area (Å²) < 4.78 is 11.3. The first-order valence-electron chi connectivity index (χ1n) is 7.82. The summed E-state index contributed by atoms with van der Waals surface area (Å²) in [5.74, 6) is 1.91. The summed E-state index contributed by atoms with van der Waals surface area (Å²) in [6.45, 7) is 8.00. The Kier molecular flexibility index (Phi) is 6.28. The fraction of sp³-hybridized carbons (Fsp3) is 0.444. The van der Waals surface area contributed by atoms with Gasteiger partial charge >= 0.3 is 0 Å². The predicted octanol–water partition coefficient (Wildman–Crippen LogP) is 4.14. The number of nitrogens with two attached hydrogens (primary N) is 1. The van der Waals surface area contributed by atoms with Gasteiger partial charge in [-0.15, -0.1) is 11.3 Å². The average Bonchev–Trinajstić information content (AvgIpc) is 2.92. The highest BCUT2D eigenvalue weighted by molar-refractivity contribution is 7.10. The largest absolute Gasteiger partial charge is 0.490 e. The molecular formula is C18H25NO2S. The smallest absolute Gasteiger partial charge is 0.161 e. The third-order valence-electron chi connectivity index (χ3n) is 3.72. The zero-order valence-corrected chi connectivity index (χ0v) is 14.4. The van der Waals surface area contributed by atoms with Gasteiger partial charge in [0.15, 0.2) is 11.5 Å². The van der Waals surface area contributed by atoms with E-state index in [1.165, 1.54) is 16.0 Å². The molecular weight excluding hydrogens is 294 g/mol. The molecule has 2 aromatic rings. The Morgan fingerprint density at radius 2 is 1.82 bits per heavy atom. The normalized spacial score (nSPS) is 12.2. The Hall–Kier alpha value is -1.52. The molecule has 1 atom stereocenters. The van der Waals surface area contributed by atoms with Gasteiger partial charge < -0.3 is 15.2 Å². The van der Waals surface area contributed by atoms with Crippen LogP contribution in [0.4, 0.5) is 0 Å². The molecule has 0 aliphatic carbocycles. The molecule has 0 saturated heterocycles. The summed E-state index contributed by atoms with van der Waals surface area (Å²) in [5, 5.41) is 2.14. The predicted molar refractivity (Wildman–Crippen MR) is 93.3 cm³/mol. The molecule has 4 heteroatoms. The van der Waals surface area contributed by atoms with E-state index >= 15 is 0 Å². The maximum atomic E-state index is 6.02. The third kappa shape index (κ3) is 4.02. The Morgan fingerprint density at radius 1 is 1.09 bits per heavy atom. The van der Waals surface area contributed by atoms with Gasteiger partial charge in [-0.25, -0.2) is 0 Å². The minimum Gasteiger partial charge on any atom is -0.490 e. The molecule has 2 N–H and O–H groups in total. The highest BCUT2D eigenvalue weighted by Gasteiger charge is 2.16. The number of rotatable bonds is 8. The molecule has 0 fully saturated rings. The van der Waals surface area contributed by atoms with Crippen LogP contribution in [0.2, 0.25) is 0 Å². The number of benzene rings is 1. The van der Waals surface area contributed by atoms with Gasteiger partial charge in [-0.2, -0.15) is 0 Å². The monoisotopic (exact) mass is 319 g/mol. The second-order valence-electron chi connectivity index (χ2n) is 5.24. The molecule has 2 rings (SSSR count). The summed E-state index contributed by atoms with van der Waals surface area (Å²) in [7, 11) is 0. The van der Waals surface area contributed by atoms with E-state index in [-0.39, 0.29) is 0 Å². The summed E-state index contributed by atoms with van der Waals surface area (Å²) in [4.78, 5) is 1.40. The molecule has 1 aromatic carbocycles. The lowest BCUT2D eigenvalue weighted by Crippen LogP contribution is -2.15. The minimum atomic E-state index is 0.298. The molecule has 0 aliphatic heterocycles. The van der Waals surface area contributed by atoms with Crippen molar-refractivity contribution in [1.29, 1.82) is 0 Å². The van der Waals surface area contributed by atoms with Crippen LogP contribution >= 0.6 is 11.3 Å². The molecule has 0 bridgehead atoms. The summed E-state index contributed by atoms with van der Waals surface area (Å²) in [5.41, 5.74) is 8.58. The molecule has 0 radical (unpaired) electrons. The Labute approximate surface area is 137 Å². The van der Waals surface area contributed by atoms with Crippen LogP contribution in [0.5, 0.6) is 11.5 Å². The van der Waals surface area contributed by atoms with E-state index in [1.807, 2.05) is 19.9 Å². The lowest BCUT2D eigenvalue weighted by molar-refractivity contribution is 0.287. The molecule has 0 saturated carbocycles. The van der Waals surface area contributed by atoms with Crippen molar-refractivity contribution >= 4 is 11.3 Å². The highest BCUT2D eigenvalue weighted by Crippen LogP contribution is 2.33. The van der Waals surface area contributed by atoms with Gasteiger partial charge in [0.25, 0.3) is 0 Å². The van der Waals surface area contributed by atoms with Gasteiger partial charge in [0, 0.05) is 10.8 Å². The van der Waals surface area contributed by atoms with Gasteiger partial charge in [0.05, 0.1) is 13.2 Å². The number of aryl methyl sites for hydroxylation is 1. The Balaban J connectivity index is 2.24. The molecule has 22 heavy (non-hydrogen) atoms. The van der Waals surface area contributed by atoms with Crippen LogP contribution in [0.1, 0.15) is 35.8 Å². The van der Waals surface area contributed by atoms with E-state index in [9.17, 15) is 0 Å². The van der Waals surface area contributed by atoms with Gasteiger partial charge in [-0.3, -0.25) is 0 Å². The first-order chi connectivity index (χ1) is 10.7. The second-order valence-corrected chi connectivity index (χ2v) is 6.24. The van der Waals surface area contributed by atoms with E-state index in [0.717, 1.165) is 17.9 Å². The average molecular weight is 319 g/mol. The van der Waals surface area contributed by atoms with Gasteiger partial charge in [-0.05, 0) is 68.4 Å². The van der Waals surface area contributed by atoms with Crippen molar-refractivity contribution in [2.24, 2.45) is 5.73 Å². The zero-order valence-electron chi connectivity index (χ0n) is 13.6. The molecule has 3 nitrogen and oxygen atoms in total. The third-order valence-corrected chi connectivity index (χ3v) is 4.77. The number of hydrogen-bond donors (Lipinski definition) is 1. The number of thiophene rings is 1. The number of hydrogen-bond acceptors (Lipinski definition) is 4. The van der Waals surface area contributed by atoms with Gasteiger partial charge in [0.2, 0.25) is 0 Å². The molecule has 0 amide bonds. The summed E-state index contributed by atoms with van der Waals surface area (Å²) >= 11 is 1.80.